The van der Waals surface area contributed by atoms with E-state index < -0.39 is 0 Å². The molecule has 1 N–H and O–H groups in total. The fraction of sp³-hybridized carbons (Fsp3) is 0.500. The van der Waals surface area contributed by atoms with Crippen LogP contribution in [0.15, 0.2) is 29.4 Å². The molecule has 4 nitrogen and oxygen atoms in total. The van der Waals surface area contributed by atoms with Crippen LogP contribution < -0.4 is 10.2 Å². The van der Waals surface area contributed by atoms with Crippen molar-refractivity contribution in [3.8, 4) is 5.75 Å². The molecule has 0 spiro atoms. The number of hydrazone groups is 1. The Morgan fingerprint density at radius 3 is 2.80 bits per heavy atom. The molecule has 0 heterocycles. The minimum absolute atomic E-state index is 0.0686. The summed E-state index contributed by atoms with van der Waals surface area (Å²) in [4.78, 5) is 11.8. The summed E-state index contributed by atoms with van der Waals surface area (Å²) in [7, 11) is 1.63. The minimum atomic E-state index is -0.0686. The van der Waals surface area contributed by atoms with Gasteiger partial charge in [0, 0.05) is 5.71 Å². The second kappa shape index (κ2) is 7.08. The molecule has 0 aromatic heterocycles. The Hall–Kier alpha value is -1.84. The lowest BCUT2D eigenvalue weighted by Gasteiger charge is -2.18. The highest BCUT2D eigenvalue weighted by molar-refractivity contribution is 5.87. The number of carbonyl (C=O) groups is 1. The molecule has 0 unspecified atom stereocenters. The van der Waals surface area contributed by atoms with E-state index in [9.17, 15) is 4.79 Å². The Morgan fingerprint density at radius 2 is 2.15 bits per heavy atom. The van der Waals surface area contributed by atoms with Crippen LogP contribution in [-0.4, -0.2) is 18.7 Å². The molecule has 108 valence electrons. The Balaban J connectivity index is 1.84. The maximum Gasteiger partial charge on any atom is 0.244 e. The predicted octanol–water partition coefficient (Wildman–Crippen LogP) is 2.92. The summed E-state index contributed by atoms with van der Waals surface area (Å²) in [6.07, 6.45) is 4.79. The third kappa shape index (κ3) is 4.37. The molecule has 2 rings (SSSR count). The molecule has 0 saturated heterocycles. The van der Waals surface area contributed by atoms with E-state index in [-0.39, 0.29) is 5.91 Å². The summed E-state index contributed by atoms with van der Waals surface area (Å²) in [6, 6.07) is 7.51. The van der Waals surface area contributed by atoms with Gasteiger partial charge in [0.15, 0.2) is 0 Å². The minimum Gasteiger partial charge on any atom is -0.497 e. The first kappa shape index (κ1) is 14.6. The summed E-state index contributed by atoms with van der Waals surface area (Å²) in [5, 5.41) is 4.26. The number of amides is 1. The zero-order valence-corrected chi connectivity index (χ0v) is 12.2. The normalized spacial score (nSPS) is 20.7. The van der Waals surface area contributed by atoms with E-state index in [1.807, 2.05) is 24.3 Å². The van der Waals surface area contributed by atoms with Crippen LogP contribution in [0.1, 0.15) is 38.2 Å². The number of carbonyl (C=O) groups excluding carboxylic acids is 1. The van der Waals surface area contributed by atoms with Crippen molar-refractivity contribution in [2.24, 2.45) is 11.0 Å². The molecule has 0 bridgehead atoms. The van der Waals surface area contributed by atoms with Gasteiger partial charge in [0.25, 0.3) is 0 Å². The van der Waals surface area contributed by atoms with E-state index in [1.165, 1.54) is 12.8 Å². The lowest BCUT2D eigenvalue weighted by Crippen LogP contribution is -2.23. The Labute approximate surface area is 120 Å². The topological polar surface area (TPSA) is 50.7 Å². The molecule has 20 heavy (non-hydrogen) atoms. The fourth-order valence-corrected chi connectivity index (χ4v) is 2.47. The van der Waals surface area contributed by atoms with Gasteiger partial charge in [0.05, 0.1) is 13.5 Å². The van der Waals surface area contributed by atoms with Gasteiger partial charge in [-0.15, -0.1) is 0 Å². The van der Waals surface area contributed by atoms with Crippen molar-refractivity contribution in [2.75, 3.05) is 7.11 Å². The van der Waals surface area contributed by atoms with Gasteiger partial charge in [-0.05, 0) is 49.3 Å². The van der Waals surface area contributed by atoms with Crippen LogP contribution in [0.5, 0.6) is 5.75 Å². The van der Waals surface area contributed by atoms with Gasteiger partial charge in [-0.2, -0.15) is 5.10 Å². The maximum atomic E-state index is 11.8. The highest BCUT2D eigenvalue weighted by Crippen LogP contribution is 2.20. The molecule has 0 aliphatic heterocycles. The molecule has 1 amide bonds. The first-order chi connectivity index (χ1) is 9.67. The van der Waals surface area contributed by atoms with Crippen molar-refractivity contribution in [3.63, 3.8) is 0 Å². The first-order valence-electron chi connectivity index (χ1n) is 7.14. The molecule has 0 radical (unpaired) electrons. The standard InChI is InChI=1S/C16H22N2O2/c1-12-4-3-5-14(10-12)17-18-16(19)11-13-6-8-15(20-2)9-7-13/h6-9,12H,3-5,10-11H2,1-2H3,(H,18,19)/b17-14-/t12-/m0/s1. The fourth-order valence-electron chi connectivity index (χ4n) is 2.47. The Bertz CT molecular complexity index is 480. The lowest BCUT2D eigenvalue weighted by molar-refractivity contribution is -0.120. The lowest BCUT2D eigenvalue weighted by atomic mass is 9.89. The van der Waals surface area contributed by atoms with Crippen molar-refractivity contribution < 1.29 is 9.53 Å². The van der Waals surface area contributed by atoms with Gasteiger partial charge < -0.3 is 4.74 Å². The van der Waals surface area contributed by atoms with Crippen molar-refractivity contribution in [1.82, 2.24) is 5.43 Å². The second-order valence-electron chi connectivity index (χ2n) is 5.44. The maximum absolute atomic E-state index is 11.8. The van der Waals surface area contributed by atoms with Crippen molar-refractivity contribution in [1.29, 1.82) is 0 Å². The van der Waals surface area contributed by atoms with Gasteiger partial charge in [-0.3, -0.25) is 4.79 Å². The van der Waals surface area contributed by atoms with E-state index in [1.54, 1.807) is 7.11 Å². The smallest absolute Gasteiger partial charge is 0.244 e. The molecule has 1 atom stereocenters. The summed E-state index contributed by atoms with van der Waals surface area (Å²) in [6.45, 7) is 2.23. The SMILES string of the molecule is COc1ccc(CC(=O)N/N=C2/CCC[C@H](C)C2)cc1. The molecule has 1 saturated carbocycles. The molecule has 1 fully saturated rings. The number of benzene rings is 1. The highest BCUT2D eigenvalue weighted by atomic mass is 16.5. The zero-order chi connectivity index (χ0) is 14.4. The molecule has 1 aliphatic rings. The van der Waals surface area contributed by atoms with Crippen LogP contribution in [-0.2, 0) is 11.2 Å². The van der Waals surface area contributed by atoms with Crippen LogP contribution in [0.25, 0.3) is 0 Å². The van der Waals surface area contributed by atoms with Gasteiger partial charge in [0.1, 0.15) is 5.75 Å². The summed E-state index contributed by atoms with van der Waals surface area (Å²) < 4.78 is 5.09. The molecular formula is C16H22N2O2. The first-order valence-corrected chi connectivity index (χ1v) is 7.14. The molecular weight excluding hydrogens is 252 g/mol. The molecule has 4 heteroatoms. The van der Waals surface area contributed by atoms with Crippen molar-refractivity contribution >= 4 is 11.6 Å². The average Bonchev–Trinajstić information content (AvgIpc) is 2.46. The van der Waals surface area contributed by atoms with Gasteiger partial charge in [-0.1, -0.05) is 19.1 Å². The van der Waals surface area contributed by atoms with Gasteiger partial charge in [-0.25, -0.2) is 5.43 Å². The summed E-state index contributed by atoms with van der Waals surface area (Å²) in [5.74, 6) is 1.41. The van der Waals surface area contributed by atoms with Crippen molar-refractivity contribution in [2.45, 2.75) is 39.0 Å². The van der Waals surface area contributed by atoms with E-state index >= 15 is 0 Å². The van der Waals surface area contributed by atoms with Crippen LogP contribution in [0.2, 0.25) is 0 Å². The monoisotopic (exact) mass is 274 g/mol. The zero-order valence-electron chi connectivity index (χ0n) is 12.2. The third-order valence-electron chi connectivity index (χ3n) is 3.61. The van der Waals surface area contributed by atoms with Crippen LogP contribution in [0, 0.1) is 5.92 Å². The number of hydrogen-bond acceptors (Lipinski definition) is 3. The van der Waals surface area contributed by atoms with E-state index in [0.29, 0.717) is 12.3 Å². The van der Waals surface area contributed by atoms with Gasteiger partial charge >= 0.3 is 0 Å². The van der Waals surface area contributed by atoms with Crippen LogP contribution in [0.4, 0.5) is 0 Å². The summed E-state index contributed by atoms with van der Waals surface area (Å²) in [5.41, 5.74) is 4.74. The predicted molar refractivity (Wildman–Crippen MR) is 79.9 cm³/mol. The van der Waals surface area contributed by atoms with Gasteiger partial charge in [0.2, 0.25) is 5.91 Å². The summed E-state index contributed by atoms with van der Waals surface area (Å²) >= 11 is 0. The Morgan fingerprint density at radius 1 is 1.40 bits per heavy atom. The van der Waals surface area contributed by atoms with Crippen LogP contribution >= 0.6 is 0 Å². The van der Waals surface area contributed by atoms with E-state index in [4.69, 9.17) is 4.74 Å². The number of nitrogens with one attached hydrogen (secondary N) is 1. The largest absolute Gasteiger partial charge is 0.497 e. The second-order valence-corrected chi connectivity index (χ2v) is 5.44. The molecule has 1 aromatic carbocycles. The number of hydrogen-bond donors (Lipinski definition) is 1. The number of nitrogens with zero attached hydrogens (tertiary/aromatic N) is 1. The van der Waals surface area contributed by atoms with E-state index in [0.717, 1.165) is 29.9 Å². The quantitative estimate of drug-likeness (QED) is 0.858. The molecule has 1 aromatic rings. The number of rotatable bonds is 4. The average molecular weight is 274 g/mol. The number of ether oxygens (including phenoxy) is 1. The highest BCUT2D eigenvalue weighted by Gasteiger charge is 2.14. The number of methoxy groups -OCH3 is 1. The molecule has 1 aliphatic carbocycles. The van der Waals surface area contributed by atoms with Crippen molar-refractivity contribution in [3.05, 3.63) is 29.8 Å². The third-order valence-corrected chi connectivity index (χ3v) is 3.61. The van der Waals surface area contributed by atoms with Crippen LogP contribution in [0.3, 0.4) is 0 Å². The van der Waals surface area contributed by atoms with E-state index in [2.05, 4.69) is 17.5 Å². The Kier molecular flexibility index (Phi) is 5.16.